The monoisotopic (exact) mass is 257 g/mol. The summed E-state index contributed by atoms with van der Waals surface area (Å²) in [5.74, 6) is 0.522. The van der Waals surface area contributed by atoms with Gasteiger partial charge in [0, 0.05) is 13.0 Å². The second kappa shape index (κ2) is 6.21. The molecule has 0 bridgehead atoms. The zero-order chi connectivity index (χ0) is 13.7. The average Bonchev–Trinajstić information content (AvgIpc) is 2.40. The lowest BCUT2D eigenvalue weighted by atomic mass is 9.70. The highest BCUT2D eigenvalue weighted by Crippen LogP contribution is 2.41. The van der Waals surface area contributed by atoms with E-state index in [-0.39, 0.29) is 5.41 Å². The van der Waals surface area contributed by atoms with E-state index in [0.717, 1.165) is 25.9 Å². The Morgan fingerprint density at radius 1 is 1.37 bits per heavy atom. The first kappa shape index (κ1) is 14.1. The summed E-state index contributed by atoms with van der Waals surface area (Å²) in [5, 5.41) is 9.20. The van der Waals surface area contributed by atoms with Crippen LogP contribution in [0.3, 0.4) is 0 Å². The van der Waals surface area contributed by atoms with Crippen molar-refractivity contribution in [2.45, 2.75) is 45.6 Å². The summed E-state index contributed by atoms with van der Waals surface area (Å²) < 4.78 is 5.87. The molecule has 1 aromatic rings. The first-order chi connectivity index (χ1) is 9.15. The molecule has 1 aliphatic heterocycles. The van der Waals surface area contributed by atoms with Crippen molar-refractivity contribution >= 4 is 0 Å². The summed E-state index contributed by atoms with van der Waals surface area (Å²) in [6.07, 6.45) is 3.93. The smallest absolute Gasteiger partial charge is 0.0627 e. The predicted octanol–water partition coefficient (Wildman–Crippen LogP) is 3.96. The minimum absolute atomic E-state index is 0.100. The van der Waals surface area contributed by atoms with Crippen LogP contribution in [0.4, 0.5) is 0 Å². The minimum atomic E-state index is 0.100. The van der Waals surface area contributed by atoms with E-state index < -0.39 is 0 Å². The van der Waals surface area contributed by atoms with Gasteiger partial charge in [0.15, 0.2) is 0 Å². The number of nitriles is 1. The first-order valence-corrected chi connectivity index (χ1v) is 7.18. The van der Waals surface area contributed by atoms with E-state index in [1.54, 1.807) is 0 Å². The number of hydrogen-bond donors (Lipinski definition) is 0. The van der Waals surface area contributed by atoms with E-state index in [1.807, 2.05) is 6.07 Å². The SMILES string of the molecule is CC(C)[C@@H]1C[C@@](CC#N)(Cc2ccccc2)CCO1. The quantitative estimate of drug-likeness (QED) is 0.817. The van der Waals surface area contributed by atoms with Crippen molar-refractivity contribution in [1.29, 1.82) is 5.26 Å². The van der Waals surface area contributed by atoms with Gasteiger partial charge >= 0.3 is 0 Å². The van der Waals surface area contributed by atoms with Crippen LogP contribution in [-0.2, 0) is 11.2 Å². The summed E-state index contributed by atoms with van der Waals surface area (Å²) in [7, 11) is 0. The average molecular weight is 257 g/mol. The van der Waals surface area contributed by atoms with Crippen LogP contribution in [-0.4, -0.2) is 12.7 Å². The van der Waals surface area contributed by atoms with Gasteiger partial charge in [-0.05, 0) is 36.2 Å². The van der Waals surface area contributed by atoms with Gasteiger partial charge in [-0.2, -0.15) is 5.26 Å². The molecule has 19 heavy (non-hydrogen) atoms. The Labute approximate surface area is 116 Å². The van der Waals surface area contributed by atoms with E-state index in [4.69, 9.17) is 4.74 Å². The third-order valence-electron chi connectivity index (χ3n) is 4.22. The van der Waals surface area contributed by atoms with Gasteiger partial charge in [0.1, 0.15) is 0 Å². The molecule has 0 amide bonds. The van der Waals surface area contributed by atoms with Crippen LogP contribution in [0.1, 0.15) is 38.7 Å². The molecule has 2 heteroatoms. The highest BCUT2D eigenvalue weighted by atomic mass is 16.5. The lowest BCUT2D eigenvalue weighted by molar-refractivity contribution is -0.0681. The molecule has 2 rings (SSSR count). The third-order valence-corrected chi connectivity index (χ3v) is 4.22. The third kappa shape index (κ3) is 3.58. The van der Waals surface area contributed by atoms with Crippen LogP contribution >= 0.6 is 0 Å². The maximum absolute atomic E-state index is 9.20. The molecule has 1 aliphatic rings. The fourth-order valence-corrected chi connectivity index (χ4v) is 3.02. The molecule has 102 valence electrons. The van der Waals surface area contributed by atoms with Crippen LogP contribution in [0.2, 0.25) is 0 Å². The molecule has 1 fully saturated rings. The number of benzene rings is 1. The molecule has 0 saturated carbocycles. The molecule has 1 aromatic carbocycles. The Morgan fingerprint density at radius 2 is 2.11 bits per heavy atom. The fourth-order valence-electron chi connectivity index (χ4n) is 3.02. The van der Waals surface area contributed by atoms with E-state index in [1.165, 1.54) is 5.56 Å². The Balaban J connectivity index is 2.15. The minimum Gasteiger partial charge on any atom is -0.378 e. The Morgan fingerprint density at radius 3 is 2.74 bits per heavy atom. The molecule has 0 aromatic heterocycles. The van der Waals surface area contributed by atoms with E-state index >= 15 is 0 Å². The van der Waals surface area contributed by atoms with E-state index in [9.17, 15) is 5.26 Å². The molecular weight excluding hydrogens is 234 g/mol. The highest BCUT2D eigenvalue weighted by molar-refractivity contribution is 5.17. The van der Waals surface area contributed by atoms with Gasteiger partial charge < -0.3 is 4.74 Å². The van der Waals surface area contributed by atoms with Gasteiger partial charge in [0.05, 0.1) is 12.2 Å². The standard InChI is InChI=1S/C17H23NO/c1-14(2)16-13-17(8-10-18,9-11-19-16)12-15-6-4-3-5-7-15/h3-7,14,16H,8-9,11-13H2,1-2H3/t16-,17+/m0/s1. The normalized spacial score (nSPS) is 27.2. The first-order valence-electron chi connectivity index (χ1n) is 7.18. The van der Waals surface area contributed by atoms with Crippen molar-refractivity contribution in [3.8, 4) is 6.07 Å². The molecule has 0 unspecified atom stereocenters. The van der Waals surface area contributed by atoms with Gasteiger partial charge in [-0.3, -0.25) is 0 Å². The lowest BCUT2D eigenvalue weighted by Crippen LogP contribution is -2.39. The highest BCUT2D eigenvalue weighted by Gasteiger charge is 2.38. The maximum Gasteiger partial charge on any atom is 0.0627 e. The largest absolute Gasteiger partial charge is 0.378 e. The molecule has 0 aliphatic carbocycles. The number of rotatable bonds is 4. The second-order valence-corrected chi connectivity index (χ2v) is 6.10. The van der Waals surface area contributed by atoms with E-state index in [2.05, 4.69) is 44.2 Å². The molecule has 2 atom stereocenters. The van der Waals surface area contributed by atoms with Crippen LogP contribution in [0.5, 0.6) is 0 Å². The summed E-state index contributed by atoms with van der Waals surface area (Å²) in [6.45, 7) is 5.20. The van der Waals surface area contributed by atoms with Crippen molar-refractivity contribution in [2.24, 2.45) is 11.3 Å². The van der Waals surface area contributed by atoms with Crippen LogP contribution in [0.15, 0.2) is 30.3 Å². The zero-order valence-electron chi connectivity index (χ0n) is 11.9. The van der Waals surface area contributed by atoms with Crippen LogP contribution < -0.4 is 0 Å². The van der Waals surface area contributed by atoms with Gasteiger partial charge in [0.2, 0.25) is 0 Å². The Kier molecular flexibility index (Phi) is 4.61. The van der Waals surface area contributed by atoms with Crippen molar-refractivity contribution in [2.75, 3.05) is 6.61 Å². The lowest BCUT2D eigenvalue weighted by Gasteiger charge is -2.41. The Bertz CT molecular complexity index is 434. The van der Waals surface area contributed by atoms with Crippen molar-refractivity contribution in [3.05, 3.63) is 35.9 Å². The fraction of sp³-hybridized carbons (Fsp3) is 0.588. The summed E-state index contributed by atoms with van der Waals surface area (Å²) in [6, 6.07) is 12.9. The van der Waals surface area contributed by atoms with Crippen molar-refractivity contribution in [3.63, 3.8) is 0 Å². The maximum atomic E-state index is 9.20. The second-order valence-electron chi connectivity index (χ2n) is 6.10. The van der Waals surface area contributed by atoms with Crippen molar-refractivity contribution in [1.82, 2.24) is 0 Å². The van der Waals surface area contributed by atoms with Gasteiger partial charge in [-0.15, -0.1) is 0 Å². The molecule has 0 N–H and O–H groups in total. The Hall–Kier alpha value is -1.33. The molecule has 0 spiro atoms. The summed E-state index contributed by atoms with van der Waals surface area (Å²) >= 11 is 0. The van der Waals surface area contributed by atoms with Crippen LogP contribution in [0.25, 0.3) is 0 Å². The molecule has 2 nitrogen and oxygen atoms in total. The summed E-state index contributed by atoms with van der Waals surface area (Å²) in [5.41, 5.74) is 1.44. The topological polar surface area (TPSA) is 33.0 Å². The number of ether oxygens (including phenoxy) is 1. The molecular formula is C17H23NO. The number of hydrogen-bond acceptors (Lipinski definition) is 2. The predicted molar refractivity (Wildman–Crippen MR) is 76.6 cm³/mol. The molecule has 1 heterocycles. The van der Waals surface area contributed by atoms with Crippen molar-refractivity contribution < 1.29 is 4.74 Å². The number of nitrogens with zero attached hydrogens (tertiary/aromatic N) is 1. The molecule has 1 saturated heterocycles. The van der Waals surface area contributed by atoms with Gasteiger partial charge in [-0.1, -0.05) is 44.2 Å². The van der Waals surface area contributed by atoms with Gasteiger partial charge in [0.25, 0.3) is 0 Å². The summed E-state index contributed by atoms with van der Waals surface area (Å²) in [4.78, 5) is 0. The van der Waals surface area contributed by atoms with E-state index in [0.29, 0.717) is 18.4 Å². The molecule has 0 radical (unpaired) electrons. The van der Waals surface area contributed by atoms with Gasteiger partial charge in [-0.25, -0.2) is 0 Å². The zero-order valence-corrected chi connectivity index (χ0v) is 11.9. The van der Waals surface area contributed by atoms with Crippen LogP contribution in [0, 0.1) is 22.7 Å².